The molecule has 0 saturated carbocycles. The van der Waals surface area contributed by atoms with Crippen LogP contribution in [0.3, 0.4) is 0 Å². The van der Waals surface area contributed by atoms with Crippen molar-refractivity contribution in [2.45, 2.75) is 38.3 Å². The lowest BCUT2D eigenvalue weighted by atomic mass is 9.87. The molecule has 0 saturated heterocycles. The number of halogens is 1. The van der Waals surface area contributed by atoms with Crippen LogP contribution in [0.15, 0.2) is 72.8 Å². The minimum Gasteiger partial charge on any atom is -0.375 e. The summed E-state index contributed by atoms with van der Waals surface area (Å²) >= 11 is 0. The third-order valence-corrected chi connectivity index (χ3v) is 5.81. The molecule has 1 aliphatic rings. The molecule has 1 heterocycles. The van der Waals surface area contributed by atoms with Gasteiger partial charge in [-0.05, 0) is 35.2 Å². The van der Waals surface area contributed by atoms with E-state index in [-0.39, 0.29) is 24.6 Å². The molecule has 5 heteroatoms. The van der Waals surface area contributed by atoms with Crippen molar-refractivity contribution >= 4 is 17.4 Å². The average Bonchev–Trinajstić information content (AvgIpc) is 2.97. The topological polar surface area (TPSA) is 57.6 Å². The van der Waals surface area contributed by atoms with E-state index in [0.29, 0.717) is 22.7 Å². The highest BCUT2D eigenvalue weighted by atomic mass is 19.1. The Kier molecular flexibility index (Phi) is 5.46. The van der Waals surface area contributed by atoms with Gasteiger partial charge in [-0.2, -0.15) is 0 Å². The van der Waals surface area contributed by atoms with Gasteiger partial charge in [0.15, 0.2) is 11.4 Å². The first-order valence-corrected chi connectivity index (χ1v) is 10.3. The van der Waals surface area contributed by atoms with Crippen LogP contribution in [-0.2, 0) is 16.9 Å². The fraction of sp³-hybridized carbons (Fsp3) is 0.231. The normalized spacial score (nSPS) is 17.8. The van der Waals surface area contributed by atoms with Crippen molar-refractivity contribution < 1.29 is 19.1 Å². The van der Waals surface area contributed by atoms with E-state index < -0.39 is 11.5 Å². The zero-order valence-electron chi connectivity index (χ0n) is 17.5. The molecule has 4 nitrogen and oxygen atoms in total. The molecule has 3 aromatic rings. The van der Waals surface area contributed by atoms with E-state index in [1.807, 2.05) is 12.1 Å². The van der Waals surface area contributed by atoms with Crippen LogP contribution >= 0.6 is 0 Å². The molecule has 0 bridgehead atoms. The number of hydrogen-bond donors (Lipinski definition) is 1. The van der Waals surface area contributed by atoms with Crippen LogP contribution in [0.1, 0.15) is 53.2 Å². The fourth-order valence-corrected chi connectivity index (χ4v) is 4.00. The first-order valence-electron chi connectivity index (χ1n) is 10.3. The number of carbonyl (C=O) groups excluding carboxylic acids is 2. The van der Waals surface area contributed by atoms with E-state index in [1.54, 1.807) is 48.5 Å². The van der Waals surface area contributed by atoms with Crippen LogP contribution in [0.5, 0.6) is 0 Å². The van der Waals surface area contributed by atoms with Gasteiger partial charge in [-0.3, -0.25) is 9.59 Å². The summed E-state index contributed by atoms with van der Waals surface area (Å²) in [6, 6.07) is 20.1. The molecule has 0 spiro atoms. The number of carbonyl (C=O) groups is 2. The Labute approximate surface area is 181 Å². The van der Waals surface area contributed by atoms with Gasteiger partial charge in [-0.15, -0.1) is 0 Å². The summed E-state index contributed by atoms with van der Waals surface area (Å²) in [4.78, 5) is 27.7. The van der Waals surface area contributed by atoms with Gasteiger partial charge in [0.05, 0.1) is 18.7 Å². The van der Waals surface area contributed by atoms with Crippen molar-refractivity contribution in [1.82, 2.24) is 0 Å². The predicted molar refractivity (Wildman–Crippen MR) is 117 cm³/mol. The van der Waals surface area contributed by atoms with Gasteiger partial charge in [0.25, 0.3) is 5.91 Å². The van der Waals surface area contributed by atoms with Gasteiger partial charge in [0.1, 0.15) is 5.82 Å². The van der Waals surface area contributed by atoms with Crippen molar-refractivity contribution in [3.63, 3.8) is 0 Å². The molecule has 31 heavy (non-hydrogen) atoms. The van der Waals surface area contributed by atoms with Crippen LogP contribution in [0, 0.1) is 5.82 Å². The van der Waals surface area contributed by atoms with E-state index in [0.717, 1.165) is 11.1 Å². The summed E-state index contributed by atoms with van der Waals surface area (Å²) in [5.74, 6) is -0.867. The number of ketones is 1. The number of nitrogens with zero attached hydrogens (tertiary/aromatic N) is 1. The molecule has 1 aliphatic heterocycles. The number of fused-ring (bicyclic) bond motifs is 1. The molecular formula is C26H24FNO3. The van der Waals surface area contributed by atoms with Gasteiger partial charge in [-0.1, -0.05) is 68.4 Å². The summed E-state index contributed by atoms with van der Waals surface area (Å²) in [5, 5.41) is 11.4. The Morgan fingerprint density at radius 1 is 1.00 bits per heavy atom. The monoisotopic (exact) mass is 417 g/mol. The lowest BCUT2D eigenvalue weighted by molar-refractivity contribution is -0.136. The van der Waals surface area contributed by atoms with Gasteiger partial charge in [0, 0.05) is 11.1 Å². The Morgan fingerprint density at radius 3 is 2.29 bits per heavy atom. The molecule has 0 radical (unpaired) electrons. The zero-order valence-corrected chi connectivity index (χ0v) is 17.5. The summed E-state index contributed by atoms with van der Waals surface area (Å²) in [7, 11) is 0. The van der Waals surface area contributed by atoms with Crippen molar-refractivity contribution in [1.29, 1.82) is 0 Å². The van der Waals surface area contributed by atoms with E-state index in [1.165, 1.54) is 17.0 Å². The van der Waals surface area contributed by atoms with Crippen molar-refractivity contribution in [3.8, 4) is 0 Å². The fourth-order valence-electron chi connectivity index (χ4n) is 4.00. The van der Waals surface area contributed by atoms with Crippen LogP contribution in [-0.4, -0.2) is 16.8 Å². The second kappa shape index (κ2) is 8.08. The van der Waals surface area contributed by atoms with Crippen molar-refractivity contribution in [2.24, 2.45) is 0 Å². The minimum absolute atomic E-state index is 0.176. The number of amides is 1. The first kappa shape index (κ1) is 20.9. The maximum absolute atomic E-state index is 13.3. The molecule has 158 valence electrons. The summed E-state index contributed by atoms with van der Waals surface area (Å²) < 4.78 is 13.3. The second-order valence-corrected chi connectivity index (χ2v) is 8.27. The molecule has 3 aromatic carbocycles. The number of anilines is 1. The Balaban J connectivity index is 1.63. The third kappa shape index (κ3) is 3.89. The SMILES string of the molecule is CC(C)c1ccc(C(=O)C[C@@]2(O)C(=O)N(Cc3ccc(F)cc3)c3ccccc32)cc1. The molecule has 1 amide bonds. The smallest absolute Gasteiger partial charge is 0.264 e. The van der Waals surface area contributed by atoms with Crippen LogP contribution < -0.4 is 4.90 Å². The highest BCUT2D eigenvalue weighted by molar-refractivity contribution is 6.10. The number of rotatable bonds is 6. The van der Waals surface area contributed by atoms with Gasteiger partial charge >= 0.3 is 0 Å². The third-order valence-electron chi connectivity index (χ3n) is 5.81. The number of aliphatic hydroxyl groups is 1. The molecule has 0 unspecified atom stereocenters. The Bertz CT molecular complexity index is 1120. The van der Waals surface area contributed by atoms with E-state index >= 15 is 0 Å². The molecule has 1 atom stereocenters. The quantitative estimate of drug-likeness (QED) is 0.577. The molecule has 4 rings (SSSR count). The molecular weight excluding hydrogens is 393 g/mol. The maximum Gasteiger partial charge on any atom is 0.264 e. The average molecular weight is 417 g/mol. The zero-order chi connectivity index (χ0) is 22.2. The maximum atomic E-state index is 13.3. The predicted octanol–water partition coefficient (Wildman–Crippen LogP) is 4.96. The summed E-state index contributed by atoms with van der Waals surface area (Å²) in [6.07, 6.45) is -0.343. The lowest BCUT2D eigenvalue weighted by Gasteiger charge is -2.23. The van der Waals surface area contributed by atoms with Gasteiger partial charge in [-0.25, -0.2) is 4.39 Å². The van der Waals surface area contributed by atoms with Crippen molar-refractivity contribution in [3.05, 3.63) is 101 Å². The number of Topliss-reactive ketones (excluding diaryl/α,β-unsaturated/α-hetero) is 1. The molecule has 1 N–H and O–H groups in total. The van der Waals surface area contributed by atoms with E-state index in [4.69, 9.17) is 0 Å². The Hall–Kier alpha value is -3.31. The number of benzene rings is 3. The van der Waals surface area contributed by atoms with Crippen molar-refractivity contribution in [2.75, 3.05) is 4.90 Å². The summed E-state index contributed by atoms with van der Waals surface area (Å²) in [5.41, 5.74) is 1.33. The standard InChI is InChI=1S/C26H24FNO3/c1-17(2)19-9-11-20(12-10-19)24(29)15-26(31)22-5-3-4-6-23(22)28(25(26)30)16-18-7-13-21(27)14-8-18/h3-14,17,31H,15-16H2,1-2H3/t26-/m0/s1. The van der Waals surface area contributed by atoms with Crippen LogP contribution in [0.4, 0.5) is 10.1 Å². The highest BCUT2D eigenvalue weighted by Gasteiger charge is 2.50. The minimum atomic E-state index is -1.94. The first-order chi connectivity index (χ1) is 14.8. The van der Waals surface area contributed by atoms with E-state index in [2.05, 4.69) is 13.8 Å². The molecule has 0 aliphatic carbocycles. The number of hydrogen-bond acceptors (Lipinski definition) is 3. The molecule has 0 fully saturated rings. The number of para-hydroxylation sites is 1. The second-order valence-electron chi connectivity index (χ2n) is 8.27. The summed E-state index contributed by atoms with van der Waals surface area (Å²) in [6.45, 7) is 4.32. The lowest BCUT2D eigenvalue weighted by Crippen LogP contribution is -2.41. The molecule has 0 aromatic heterocycles. The van der Waals surface area contributed by atoms with Gasteiger partial charge < -0.3 is 10.0 Å². The highest BCUT2D eigenvalue weighted by Crippen LogP contribution is 2.43. The Morgan fingerprint density at radius 2 is 1.65 bits per heavy atom. The van der Waals surface area contributed by atoms with Crippen LogP contribution in [0.2, 0.25) is 0 Å². The van der Waals surface area contributed by atoms with Crippen LogP contribution in [0.25, 0.3) is 0 Å². The van der Waals surface area contributed by atoms with E-state index in [9.17, 15) is 19.1 Å². The largest absolute Gasteiger partial charge is 0.375 e. The van der Waals surface area contributed by atoms with Gasteiger partial charge in [0.2, 0.25) is 0 Å².